The van der Waals surface area contributed by atoms with Crippen LogP contribution in [-0.2, 0) is 27.7 Å². The van der Waals surface area contributed by atoms with Gasteiger partial charge in [-0.1, -0.05) is 63.2 Å². The van der Waals surface area contributed by atoms with Crippen molar-refractivity contribution < 1.29 is 17.9 Å². The number of nitrogens with one attached hydrogen (secondary N) is 1. The zero-order chi connectivity index (χ0) is 32.2. The van der Waals surface area contributed by atoms with E-state index in [2.05, 4.69) is 4.72 Å². The van der Waals surface area contributed by atoms with Crippen LogP contribution in [0.5, 0.6) is 0 Å². The molecule has 0 aliphatic carbocycles. The van der Waals surface area contributed by atoms with Gasteiger partial charge in [0.1, 0.15) is 5.82 Å². The molecule has 10 heteroatoms. The summed E-state index contributed by atoms with van der Waals surface area (Å²) in [6.07, 6.45) is 0.948. The Labute approximate surface area is 259 Å². The maximum atomic E-state index is 13.9. The molecule has 4 aromatic rings. The number of amides is 1. The minimum Gasteiger partial charge on any atom is -0.449 e. The molecule has 1 aromatic heterocycles. The molecule has 1 N–H and O–H groups in total. The minimum absolute atomic E-state index is 0.196. The monoisotopic (exact) mass is 618 g/mol. The van der Waals surface area contributed by atoms with Gasteiger partial charge in [0.15, 0.2) is 0 Å². The molecular weight excluding hydrogens is 576 g/mol. The molecule has 3 aromatic carbocycles. The third-order valence-corrected chi connectivity index (χ3v) is 8.73. The van der Waals surface area contributed by atoms with Gasteiger partial charge in [0, 0.05) is 30.3 Å². The number of rotatable bonds is 10. The molecule has 0 bridgehead atoms. The lowest BCUT2D eigenvalue weighted by molar-refractivity contribution is 0.141. The predicted molar refractivity (Wildman–Crippen MR) is 176 cm³/mol. The van der Waals surface area contributed by atoms with Crippen molar-refractivity contribution in [2.45, 2.75) is 71.4 Å². The first-order valence-electron chi connectivity index (χ1n) is 14.9. The van der Waals surface area contributed by atoms with Crippen LogP contribution in [0.3, 0.4) is 0 Å². The average Bonchev–Trinajstić information content (AvgIpc) is 2.96. The summed E-state index contributed by atoms with van der Waals surface area (Å²) in [6.45, 7) is 12.0. The summed E-state index contributed by atoms with van der Waals surface area (Å²) in [5, 5.41) is 0.410. The molecule has 0 saturated heterocycles. The average molecular weight is 619 g/mol. The Morgan fingerprint density at radius 3 is 2.36 bits per heavy atom. The van der Waals surface area contributed by atoms with E-state index in [1.165, 1.54) is 4.90 Å². The number of anilines is 1. The highest BCUT2D eigenvalue weighted by Crippen LogP contribution is 2.29. The zero-order valence-corrected chi connectivity index (χ0v) is 27.4. The number of benzene rings is 3. The van der Waals surface area contributed by atoms with Crippen LogP contribution >= 0.6 is 0 Å². The van der Waals surface area contributed by atoms with E-state index in [1.54, 1.807) is 68.8 Å². The van der Waals surface area contributed by atoms with E-state index < -0.39 is 21.7 Å². The number of hydrogen-bond acceptors (Lipinski definition) is 6. The van der Waals surface area contributed by atoms with E-state index in [0.717, 1.165) is 17.5 Å². The molecule has 1 amide bonds. The number of nitrogens with zero attached hydrogens (tertiary/aromatic N) is 3. The number of carbonyl (C=O) groups is 1. The Kier molecular flexibility index (Phi) is 9.95. The fourth-order valence-corrected chi connectivity index (χ4v) is 6.50. The van der Waals surface area contributed by atoms with Crippen molar-refractivity contribution in [1.82, 2.24) is 14.3 Å². The largest absolute Gasteiger partial charge is 0.449 e. The Bertz CT molecular complexity index is 1810. The molecule has 0 radical (unpaired) electrons. The third-order valence-electron chi connectivity index (χ3n) is 6.91. The minimum atomic E-state index is -3.75. The van der Waals surface area contributed by atoms with Gasteiger partial charge in [0.25, 0.3) is 5.56 Å². The van der Waals surface area contributed by atoms with Crippen molar-refractivity contribution in [3.63, 3.8) is 0 Å². The number of fused-ring (bicyclic) bond motifs is 1. The van der Waals surface area contributed by atoms with E-state index in [0.29, 0.717) is 47.6 Å². The second-order valence-electron chi connectivity index (χ2n) is 12.4. The topological polar surface area (TPSA) is 111 Å². The summed E-state index contributed by atoms with van der Waals surface area (Å²) >= 11 is 0. The fraction of sp³-hybridized carbons (Fsp3) is 0.382. The Morgan fingerprint density at radius 1 is 1.05 bits per heavy atom. The lowest BCUT2D eigenvalue weighted by atomic mass is 10.0. The van der Waals surface area contributed by atoms with Crippen LogP contribution in [0.1, 0.15) is 59.4 Å². The smallest absolute Gasteiger partial charge is 0.414 e. The zero-order valence-electron chi connectivity index (χ0n) is 26.5. The first-order chi connectivity index (χ1) is 20.7. The van der Waals surface area contributed by atoms with Crippen molar-refractivity contribution in [2.24, 2.45) is 5.92 Å². The highest BCUT2D eigenvalue weighted by atomic mass is 32.2. The standard InChI is InChI=1S/C34H42N4O5S/c1-8-11-31-35-29-19-18-26(37(7)33(40)43-22-23(2)3)20-28(29)32(39)38(31)21-24-14-16-25(17-15-24)27-12-9-10-13-30(27)44(41,42)36-34(4,5)6/h9-10,12-20,23,36H,8,11,21-22H2,1-7H3. The van der Waals surface area contributed by atoms with E-state index >= 15 is 0 Å². The van der Waals surface area contributed by atoms with Gasteiger partial charge in [-0.15, -0.1) is 0 Å². The molecule has 0 unspecified atom stereocenters. The molecule has 0 aliphatic rings. The Hall–Kier alpha value is -4.02. The Morgan fingerprint density at radius 2 is 1.73 bits per heavy atom. The predicted octanol–water partition coefficient (Wildman–Crippen LogP) is 6.37. The van der Waals surface area contributed by atoms with Crippen molar-refractivity contribution in [1.29, 1.82) is 0 Å². The second kappa shape index (κ2) is 13.3. The third kappa shape index (κ3) is 7.73. The molecule has 0 spiro atoms. The van der Waals surface area contributed by atoms with Gasteiger partial charge in [-0.3, -0.25) is 14.3 Å². The van der Waals surface area contributed by atoms with E-state index in [1.807, 2.05) is 51.1 Å². The summed E-state index contributed by atoms with van der Waals surface area (Å²) in [5.74, 6) is 0.885. The summed E-state index contributed by atoms with van der Waals surface area (Å²) in [4.78, 5) is 32.8. The Balaban J connectivity index is 1.68. The van der Waals surface area contributed by atoms with Crippen LogP contribution in [0, 0.1) is 5.92 Å². The lowest BCUT2D eigenvalue weighted by Crippen LogP contribution is -2.40. The number of aromatic nitrogens is 2. The molecule has 0 aliphatic heterocycles. The van der Waals surface area contributed by atoms with Crippen LogP contribution in [0.15, 0.2) is 76.4 Å². The normalized spacial score (nSPS) is 12.1. The highest BCUT2D eigenvalue weighted by molar-refractivity contribution is 7.89. The van der Waals surface area contributed by atoms with Crippen molar-refractivity contribution in [3.8, 4) is 11.1 Å². The quantitative estimate of drug-likeness (QED) is 0.221. The van der Waals surface area contributed by atoms with Gasteiger partial charge in [-0.05, 0) is 68.5 Å². The number of hydrogen-bond donors (Lipinski definition) is 1. The number of aryl methyl sites for hydroxylation is 1. The summed E-state index contributed by atoms with van der Waals surface area (Å²) in [6, 6.07) is 19.7. The van der Waals surface area contributed by atoms with Crippen LogP contribution in [-0.4, -0.2) is 43.3 Å². The lowest BCUT2D eigenvalue weighted by Gasteiger charge is -2.21. The fourth-order valence-electron chi connectivity index (χ4n) is 4.85. The van der Waals surface area contributed by atoms with Crippen LogP contribution in [0.25, 0.3) is 22.0 Å². The van der Waals surface area contributed by atoms with Crippen molar-refractivity contribution in [3.05, 3.63) is 88.5 Å². The molecule has 1 heterocycles. The molecule has 0 atom stereocenters. The van der Waals surface area contributed by atoms with Gasteiger partial charge in [-0.2, -0.15) is 0 Å². The van der Waals surface area contributed by atoms with Crippen LogP contribution in [0.4, 0.5) is 10.5 Å². The molecule has 0 saturated carbocycles. The van der Waals surface area contributed by atoms with E-state index in [9.17, 15) is 18.0 Å². The van der Waals surface area contributed by atoms with Crippen molar-refractivity contribution >= 4 is 32.7 Å². The summed E-state index contributed by atoms with van der Waals surface area (Å²) in [5.41, 5.74) is 2.50. The first-order valence-corrected chi connectivity index (χ1v) is 16.3. The molecule has 234 valence electrons. The molecule has 9 nitrogen and oxygen atoms in total. The molecule has 44 heavy (non-hydrogen) atoms. The maximum absolute atomic E-state index is 13.9. The molecule has 4 rings (SSSR count). The number of ether oxygens (including phenoxy) is 1. The number of carbonyl (C=O) groups excluding carboxylic acids is 1. The van der Waals surface area contributed by atoms with Crippen LogP contribution < -0.4 is 15.2 Å². The summed E-state index contributed by atoms with van der Waals surface area (Å²) < 4.78 is 36.1. The van der Waals surface area contributed by atoms with Gasteiger partial charge in [0.2, 0.25) is 10.0 Å². The molecular formula is C34H42N4O5S. The second-order valence-corrected chi connectivity index (χ2v) is 14.1. The molecule has 0 fully saturated rings. The van der Waals surface area contributed by atoms with Crippen molar-refractivity contribution in [2.75, 3.05) is 18.6 Å². The van der Waals surface area contributed by atoms with Gasteiger partial charge >= 0.3 is 6.09 Å². The first kappa shape index (κ1) is 32.9. The number of sulfonamides is 1. The van der Waals surface area contributed by atoms with Gasteiger partial charge < -0.3 is 4.74 Å². The maximum Gasteiger partial charge on any atom is 0.414 e. The van der Waals surface area contributed by atoms with Gasteiger partial charge in [0.05, 0.1) is 29.0 Å². The van der Waals surface area contributed by atoms with Crippen LogP contribution in [0.2, 0.25) is 0 Å². The highest BCUT2D eigenvalue weighted by Gasteiger charge is 2.25. The SMILES string of the molecule is CCCc1nc2ccc(N(C)C(=O)OCC(C)C)cc2c(=O)n1Cc1ccc(-c2ccccc2S(=O)(=O)NC(C)(C)C)cc1. The van der Waals surface area contributed by atoms with Gasteiger partial charge in [-0.25, -0.2) is 22.9 Å². The van der Waals surface area contributed by atoms with E-state index in [-0.39, 0.29) is 16.4 Å². The van der Waals surface area contributed by atoms with E-state index in [4.69, 9.17) is 9.72 Å². The summed E-state index contributed by atoms with van der Waals surface area (Å²) in [7, 11) is -2.14.